The van der Waals surface area contributed by atoms with Crippen LogP contribution in [0.5, 0.6) is 0 Å². The predicted octanol–water partition coefficient (Wildman–Crippen LogP) is 1.33. The van der Waals surface area contributed by atoms with Crippen LogP contribution in [0.2, 0.25) is 0 Å². The van der Waals surface area contributed by atoms with Gasteiger partial charge in [0.1, 0.15) is 0 Å². The summed E-state index contributed by atoms with van der Waals surface area (Å²) in [6, 6.07) is 1.58. The molecule has 29 heavy (non-hydrogen) atoms. The molecule has 154 valence electrons. The Morgan fingerprint density at radius 2 is 1.93 bits per heavy atom. The molecule has 0 aromatic carbocycles. The summed E-state index contributed by atoms with van der Waals surface area (Å²) < 4.78 is 3.24. The topological polar surface area (TPSA) is 79.9 Å². The lowest BCUT2D eigenvalue weighted by Crippen LogP contribution is -2.48. The monoisotopic (exact) mass is 433 g/mol. The van der Waals surface area contributed by atoms with Crippen LogP contribution in [0.4, 0.5) is 0 Å². The zero-order valence-corrected chi connectivity index (χ0v) is 18.1. The lowest BCUT2D eigenvalue weighted by Gasteiger charge is -2.34. The number of nitrogens with zero attached hydrogens (tertiary/aromatic N) is 5. The summed E-state index contributed by atoms with van der Waals surface area (Å²) in [4.78, 5) is 47.0. The maximum Gasteiger partial charge on any atom is 0.307 e. The normalized spacial score (nSPS) is 15.3. The number of amides is 1. The molecule has 3 aromatic heterocycles. The van der Waals surface area contributed by atoms with E-state index in [-0.39, 0.29) is 16.3 Å². The Bertz CT molecular complexity index is 1150. The average Bonchev–Trinajstić information content (AvgIpc) is 3.26. The van der Waals surface area contributed by atoms with Crippen molar-refractivity contribution in [2.45, 2.75) is 33.4 Å². The van der Waals surface area contributed by atoms with Crippen molar-refractivity contribution in [3.8, 4) is 0 Å². The second-order valence-electron chi connectivity index (χ2n) is 7.21. The van der Waals surface area contributed by atoms with Crippen LogP contribution < -0.4 is 10.4 Å². The zero-order valence-electron chi connectivity index (χ0n) is 16.5. The largest absolute Gasteiger partial charge is 0.340 e. The van der Waals surface area contributed by atoms with Crippen LogP contribution in [0, 0.1) is 13.8 Å². The highest BCUT2D eigenvalue weighted by Gasteiger charge is 2.22. The summed E-state index contributed by atoms with van der Waals surface area (Å²) in [5.41, 5.74) is 1.65. The Hall–Kier alpha value is -2.30. The summed E-state index contributed by atoms with van der Waals surface area (Å²) in [5.74, 6) is 0.0798. The molecule has 0 bridgehead atoms. The first-order chi connectivity index (χ1) is 13.9. The molecular weight excluding hydrogens is 410 g/mol. The van der Waals surface area contributed by atoms with Gasteiger partial charge in [-0.15, -0.1) is 11.3 Å². The first kappa shape index (κ1) is 20.0. The fourth-order valence-corrected chi connectivity index (χ4v) is 5.16. The molecule has 1 fully saturated rings. The Kier molecular flexibility index (Phi) is 5.66. The van der Waals surface area contributed by atoms with Crippen LogP contribution in [-0.4, -0.2) is 55.8 Å². The molecule has 4 heterocycles. The first-order valence-corrected chi connectivity index (χ1v) is 11.2. The molecule has 1 aliphatic heterocycles. The van der Waals surface area contributed by atoms with Gasteiger partial charge in [-0.2, -0.15) is 0 Å². The summed E-state index contributed by atoms with van der Waals surface area (Å²) in [6.07, 6.45) is 2.07. The minimum atomic E-state index is -0.0609. The minimum absolute atomic E-state index is 0.00346. The predicted molar refractivity (Wildman–Crippen MR) is 114 cm³/mol. The molecule has 0 radical (unpaired) electrons. The Balaban J connectivity index is 1.31. The summed E-state index contributed by atoms with van der Waals surface area (Å²) in [7, 11) is 0. The van der Waals surface area contributed by atoms with Crippen LogP contribution in [0.15, 0.2) is 27.2 Å². The maximum atomic E-state index is 12.6. The van der Waals surface area contributed by atoms with E-state index in [1.807, 2.05) is 24.1 Å². The number of aromatic nitrogens is 3. The van der Waals surface area contributed by atoms with E-state index in [4.69, 9.17) is 0 Å². The Labute approximate surface area is 175 Å². The van der Waals surface area contributed by atoms with Crippen LogP contribution in [0.3, 0.4) is 0 Å². The number of aryl methyl sites for hydroxylation is 1. The lowest BCUT2D eigenvalue weighted by atomic mass is 10.2. The molecule has 4 rings (SSSR count). The summed E-state index contributed by atoms with van der Waals surface area (Å²) in [6.45, 7) is 7.67. The van der Waals surface area contributed by atoms with Gasteiger partial charge in [-0.25, -0.2) is 4.98 Å². The van der Waals surface area contributed by atoms with E-state index in [1.54, 1.807) is 21.2 Å². The van der Waals surface area contributed by atoms with Gasteiger partial charge in [0.15, 0.2) is 4.96 Å². The molecule has 0 N–H and O–H groups in total. The van der Waals surface area contributed by atoms with E-state index in [0.29, 0.717) is 37.6 Å². The zero-order chi connectivity index (χ0) is 20.5. The average molecular weight is 434 g/mol. The smallest absolute Gasteiger partial charge is 0.307 e. The third-order valence-corrected chi connectivity index (χ3v) is 7.14. The van der Waals surface area contributed by atoms with Gasteiger partial charge in [-0.1, -0.05) is 11.3 Å². The van der Waals surface area contributed by atoms with Crippen molar-refractivity contribution >= 4 is 33.5 Å². The van der Waals surface area contributed by atoms with Gasteiger partial charge in [0.05, 0.1) is 5.69 Å². The quantitative estimate of drug-likeness (QED) is 0.607. The van der Waals surface area contributed by atoms with Gasteiger partial charge in [0.2, 0.25) is 5.91 Å². The van der Waals surface area contributed by atoms with Gasteiger partial charge in [-0.3, -0.25) is 23.7 Å². The molecule has 0 aliphatic carbocycles. The van der Waals surface area contributed by atoms with Crippen molar-refractivity contribution in [2.24, 2.45) is 0 Å². The van der Waals surface area contributed by atoms with Crippen molar-refractivity contribution < 1.29 is 4.79 Å². The summed E-state index contributed by atoms with van der Waals surface area (Å²) in [5, 5.41) is 1.85. The second-order valence-corrected chi connectivity index (χ2v) is 9.25. The number of carbonyl (C=O) groups is 1. The lowest BCUT2D eigenvalue weighted by molar-refractivity contribution is -0.133. The van der Waals surface area contributed by atoms with Crippen molar-refractivity contribution in [3.05, 3.63) is 53.9 Å². The van der Waals surface area contributed by atoms with Gasteiger partial charge in [0.25, 0.3) is 5.56 Å². The Morgan fingerprint density at radius 1 is 1.17 bits per heavy atom. The van der Waals surface area contributed by atoms with E-state index < -0.39 is 0 Å². The third-order valence-electron chi connectivity index (χ3n) is 5.39. The third kappa shape index (κ3) is 4.19. The van der Waals surface area contributed by atoms with Gasteiger partial charge in [0, 0.05) is 73.9 Å². The molecule has 1 aliphatic rings. The number of thiazole rings is 2. The second kappa shape index (κ2) is 8.21. The fraction of sp³-hybridized carbons (Fsp3) is 0.474. The minimum Gasteiger partial charge on any atom is -0.340 e. The molecule has 3 aromatic rings. The standard InChI is InChI=1S/C19H23N5O3S2/c1-13-14(2)29-19(27)23(13)4-3-16(25)22-7-5-21(6-8-22)12-15-11-17(26)24-9-10-28-18(24)20-15/h9-11H,3-8,12H2,1-2H3. The van der Waals surface area contributed by atoms with Gasteiger partial charge >= 0.3 is 4.87 Å². The number of fused-ring (bicyclic) bond motifs is 1. The molecule has 0 unspecified atom stereocenters. The van der Waals surface area contributed by atoms with Crippen LogP contribution >= 0.6 is 22.7 Å². The van der Waals surface area contributed by atoms with Crippen LogP contribution in [-0.2, 0) is 17.9 Å². The van der Waals surface area contributed by atoms with Gasteiger partial charge < -0.3 is 9.47 Å². The highest BCUT2D eigenvalue weighted by Crippen LogP contribution is 2.12. The van der Waals surface area contributed by atoms with E-state index in [1.165, 1.54) is 22.7 Å². The molecule has 1 saturated heterocycles. The van der Waals surface area contributed by atoms with Crippen LogP contribution in [0.1, 0.15) is 22.7 Å². The number of piperazine rings is 1. The SMILES string of the molecule is Cc1sc(=O)n(CCC(=O)N2CCN(Cc3cc(=O)n4ccsc4n3)CC2)c1C. The van der Waals surface area contributed by atoms with E-state index in [0.717, 1.165) is 29.4 Å². The van der Waals surface area contributed by atoms with Crippen molar-refractivity contribution in [1.82, 2.24) is 23.8 Å². The molecule has 10 heteroatoms. The molecule has 0 spiro atoms. The summed E-state index contributed by atoms with van der Waals surface area (Å²) >= 11 is 2.68. The first-order valence-electron chi connectivity index (χ1n) is 9.55. The number of hydrogen-bond acceptors (Lipinski definition) is 7. The number of hydrogen-bond donors (Lipinski definition) is 0. The van der Waals surface area contributed by atoms with E-state index >= 15 is 0 Å². The fourth-order valence-electron chi connectivity index (χ4n) is 3.56. The molecular formula is C19H23N5O3S2. The van der Waals surface area contributed by atoms with Crippen molar-refractivity contribution in [2.75, 3.05) is 26.2 Å². The molecule has 1 amide bonds. The van der Waals surface area contributed by atoms with Gasteiger partial charge in [-0.05, 0) is 13.8 Å². The highest BCUT2D eigenvalue weighted by atomic mass is 32.1. The van der Waals surface area contributed by atoms with Crippen molar-refractivity contribution in [1.29, 1.82) is 0 Å². The maximum absolute atomic E-state index is 12.6. The van der Waals surface area contributed by atoms with Crippen molar-refractivity contribution in [3.63, 3.8) is 0 Å². The van der Waals surface area contributed by atoms with E-state index in [2.05, 4.69) is 9.88 Å². The molecule has 8 nitrogen and oxygen atoms in total. The van der Waals surface area contributed by atoms with E-state index in [9.17, 15) is 14.4 Å². The Morgan fingerprint density at radius 3 is 2.62 bits per heavy atom. The highest BCUT2D eigenvalue weighted by molar-refractivity contribution is 7.15. The molecule has 0 saturated carbocycles. The number of rotatable bonds is 5. The van der Waals surface area contributed by atoms with Crippen LogP contribution in [0.25, 0.3) is 4.96 Å². The molecule has 0 atom stereocenters. The number of carbonyl (C=O) groups excluding carboxylic acids is 1.